The van der Waals surface area contributed by atoms with Crippen molar-refractivity contribution in [1.82, 2.24) is 9.78 Å². The van der Waals surface area contributed by atoms with E-state index in [1.165, 1.54) is 11.8 Å². The number of hydrogen-bond donors (Lipinski definition) is 0. The largest absolute Gasteiger partial charge is 0.468 e. The number of aromatic nitrogens is 2. The highest BCUT2D eigenvalue weighted by Crippen LogP contribution is 2.57. The molecule has 2 aliphatic carbocycles. The van der Waals surface area contributed by atoms with Gasteiger partial charge < -0.3 is 9.47 Å². The SMILES string of the molecule is CCOC(=O)c1nn(CC(=O)OC)c2c1[C@H]1C[C@H]1C2=O. The minimum absolute atomic E-state index is 0.0445. The van der Waals surface area contributed by atoms with Crippen molar-refractivity contribution in [3.05, 3.63) is 17.0 Å². The molecule has 0 aromatic carbocycles. The van der Waals surface area contributed by atoms with Crippen molar-refractivity contribution in [3.63, 3.8) is 0 Å². The average Bonchev–Trinajstić information content (AvgIpc) is 3.05. The Hall–Kier alpha value is -2.18. The van der Waals surface area contributed by atoms with Crippen LogP contribution in [0.4, 0.5) is 0 Å². The molecule has 0 N–H and O–H groups in total. The fraction of sp³-hybridized carbons (Fsp3) is 0.538. The van der Waals surface area contributed by atoms with Gasteiger partial charge in [-0.05, 0) is 19.3 Å². The number of hydrogen-bond acceptors (Lipinski definition) is 6. The summed E-state index contributed by atoms with van der Waals surface area (Å²) in [6, 6.07) is 0. The van der Waals surface area contributed by atoms with Crippen LogP contribution in [-0.2, 0) is 20.8 Å². The quantitative estimate of drug-likeness (QED) is 0.747. The number of carbonyl (C=O) groups is 3. The molecule has 7 heteroatoms. The summed E-state index contributed by atoms with van der Waals surface area (Å²) in [7, 11) is 1.26. The molecule has 1 heterocycles. The van der Waals surface area contributed by atoms with Crippen LogP contribution in [0.25, 0.3) is 0 Å². The molecule has 3 rings (SSSR count). The second kappa shape index (κ2) is 4.43. The Balaban J connectivity index is 2.02. The first-order chi connectivity index (χ1) is 9.58. The molecule has 0 unspecified atom stereocenters. The Morgan fingerprint density at radius 3 is 2.80 bits per heavy atom. The minimum atomic E-state index is -0.548. The van der Waals surface area contributed by atoms with Gasteiger partial charge in [0.25, 0.3) is 0 Å². The number of ketones is 1. The number of fused-ring (bicyclic) bond motifs is 3. The monoisotopic (exact) mass is 278 g/mol. The van der Waals surface area contributed by atoms with E-state index in [1.807, 2.05) is 0 Å². The van der Waals surface area contributed by atoms with E-state index in [1.54, 1.807) is 6.92 Å². The first-order valence-electron chi connectivity index (χ1n) is 6.47. The number of esters is 2. The zero-order chi connectivity index (χ0) is 14.4. The lowest BCUT2D eigenvalue weighted by Crippen LogP contribution is -2.18. The fourth-order valence-electron chi connectivity index (χ4n) is 2.72. The van der Waals surface area contributed by atoms with Gasteiger partial charge >= 0.3 is 11.9 Å². The Bertz CT molecular complexity index is 619. The van der Waals surface area contributed by atoms with E-state index in [0.29, 0.717) is 11.3 Å². The number of methoxy groups -OCH3 is 1. The van der Waals surface area contributed by atoms with Gasteiger partial charge in [0.1, 0.15) is 12.2 Å². The van der Waals surface area contributed by atoms with Gasteiger partial charge in [-0.15, -0.1) is 0 Å². The molecule has 1 fully saturated rings. The average molecular weight is 278 g/mol. The van der Waals surface area contributed by atoms with Gasteiger partial charge in [0.05, 0.1) is 13.7 Å². The molecule has 1 aromatic rings. The van der Waals surface area contributed by atoms with Gasteiger partial charge in [-0.25, -0.2) is 9.48 Å². The predicted octanol–water partition coefficient (Wildman–Crippen LogP) is 0.533. The standard InChI is InChI=1S/C13H14N2O5/c1-3-20-13(18)10-9-6-4-7(6)12(17)11(9)15(14-10)5-8(16)19-2/h6-7H,3-5H2,1-2H3/t6-,7+/m0/s1. The van der Waals surface area contributed by atoms with Crippen LogP contribution in [0, 0.1) is 5.92 Å². The molecular weight excluding hydrogens is 264 g/mol. The molecule has 0 amide bonds. The summed E-state index contributed by atoms with van der Waals surface area (Å²) in [6.45, 7) is 1.76. The van der Waals surface area contributed by atoms with Crippen LogP contribution >= 0.6 is 0 Å². The van der Waals surface area contributed by atoms with Gasteiger partial charge in [-0.1, -0.05) is 0 Å². The maximum absolute atomic E-state index is 12.2. The summed E-state index contributed by atoms with van der Waals surface area (Å²) >= 11 is 0. The highest BCUT2D eigenvalue weighted by Gasteiger charge is 2.56. The number of Topliss-reactive ketones (excluding diaryl/α,β-unsaturated/α-hetero) is 1. The molecule has 7 nitrogen and oxygen atoms in total. The van der Waals surface area contributed by atoms with Crippen LogP contribution in [0.2, 0.25) is 0 Å². The van der Waals surface area contributed by atoms with Gasteiger partial charge in [0, 0.05) is 11.5 Å². The normalized spacial score (nSPS) is 22.2. The third-order valence-corrected chi connectivity index (χ3v) is 3.70. The van der Waals surface area contributed by atoms with Crippen LogP contribution in [0.3, 0.4) is 0 Å². The lowest BCUT2D eigenvalue weighted by atomic mass is 10.1. The molecule has 0 aliphatic heterocycles. The summed E-state index contributed by atoms with van der Waals surface area (Å²) in [4.78, 5) is 35.5. The maximum atomic E-state index is 12.2. The number of rotatable bonds is 4. The van der Waals surface area contributed by atoms with Crippen molar-refractivity contribution >= 4 is 17.7 Å². The fourth-order valence-corrected chi connectivity index (χ4v) is 2.72. The van der Waals surface area contributed by atoms with Gasteiger partial charge in [-0.2, -0.15) is 5.10 Å². The summed E-state index contributed by atoms with van der Waals surface area (Å²) in [6.07, 6.45) is 0.752. The predicted molar refractivity (Wildman–Crippen MR) is 65.4 cm³/mol. The second-order valence-corrected chi connectivity index (χ2v) is 4.88. The van der Waals surface area contributed by atoms with E-state index in [-0.39, 0.29) is 36.5 Å². The van der Waals surface area contributed by atoms with Gasteiger partial charge in [0.2, 0.25) is 0 Å². The molecule has 20 heavy (non-hydrogen) atoms. The third kappa shape index (κ3) is 1.73. The molecule has 106 valence electrons. The lowest BCUT2D eigenvalue weighted by molar-refractivity contribution is -0.141. The number of nitrogens with zero attached hydrogens (tertiary/aromatic N) is 2. The van der Waals surface area contributed by atoms with E-state index in [4.69, 9.17) is 4.74 Å². The van der Waals surface area contributed by atoms with E-state index in [0.717, 1.165) is 6.42 Å². The van der Waals surface area contributed by atoms with Crippen LogP contribution in [0.1, 0.15) is 45.8 Å². The molecule has 2 atom stereocenters. The highest BCUT2D eigenvalue weighted by molar-refractivity contribution is 6.07. The van der Waals surface area contributed by atoms with Gasteiger partial charge in [0.15, 0.2) is 11.5 Å². The topological polar surface area (TPSA) is 87.5 Å². The summed E-state index contributed by atoms with van der Waals surface area (Å²) in [5.41, 5.74) is 1.16. The second-order valence-electron chi connectivity index (χ2n) is 4.88. The molecule has 1 aromatic heterocycles. The van der Waals surface area contributed by atoms with Crippen LogP contribution in [-0.4, -0.2) is 41.2 Å². The van der Waals surface area contributed by atoms with Crippen molar-refractivity contribution in [2.45, 2.75) is 25.8 Å². The molecule has 0 saturated heterocycles. The van der Waals surface area contributed by atoms with E-state index >= 15 is 0 Å². The smallest absolute Gasteiger partial charge is 0.359 e. The van der Waals surface area contributed by atoms with E-state index in [2.05, 4.69) is 9.84 Å². The zero-order valence-electron chi connectivity index (χ0n) is 11.2. The summed E-state index contributed by atoms with van der Waals surface area (Å²) in [5, 5.41) is 4.09. The van der Waals surface area contributed by atoms with Crippen molar-refractivity contribution in [3.8, 4) is 0 Å². The lowest BCUT2D eigenvalue weighted by Gasteiger charge is -2.03. The van der Waals surface area contributed by atoms with Crippen molar-refractivity contribution in [2.75, 3.05) is 13.7 Å². The Kier molecular flexibility index (Phi) is 2.84. The van der Waals surface area contributed by atoms with Crippen LogP contribution in [0.5, 0.6) is 0 Å². The maximum Gasteiger partial charge on any atom is 0.359 e. The minimum Gasteiger partial charge on any atom is -0.468 e. The van der Waals surface area contributed by atoms with E-state index in [9.17, 15) is 14.4 Å². The number of ether oxygens (including phenoxy) is 2. The zero-order valence-corrected chi connectivity index (χ0v) is 11.2. The first kappa shape index (κ1) is 12.8. The Morgan fingerprint density at radius 2 is 2.15 bits per heavy atom. The van der Waals surface area contributed by atoms with Crippen molar-refractivity contribution < 1.29 is 23.9 Å². The molecule has 0 spiro atoms. The van der Waals surface area contributed by atoms with Crippen molar-refractivity contribution in [2.24, 2.45) is 5.92 Å². The Labute approximate surface area is 114 Å². The number of carbonyl (C=O) groups excluding carboxylic acids is 3. The first-order valence-corrected chi connectivity index (χ1v) is 6.47. The highest BCUT2D eigenvalue weighted by atomic mass is 16.5. The van der Waals surface area contributed by atoms with Gasteiger partial charge in [-0.3, -0.25) is 9.59 Å². The molecular formula is C13H14N2O5. The van der Waals surface area contributed by atoms with Crippen LogP contribution in [0.15, 0.2) is 0 Å². The van der Waals surface area contributed by atoms with E-state index < -0.39 is 11.9 Å². The molecule has 1 saturated carbocycles. The molecule has 0 radical (unpaired) electrons. The molecule has 2 aliphatic rings. The summed E-state index contributed by atoms with van der Waals surface area (Å²) in [5.74, 6) is -1.10. The molecule has 0 bridgehead atoms. The van der Waals surface area contributed by atoms with Crippen LogP contribution < -0.4 is 0 Å². The third-order valence-electron chi connectivity index (χ3n) is 3.70. The Morgan fingerprint density at radius 1 is 1.40 bits per heavy atom. The van der Waals surface area contributed by atoms with Crippen molar-refractivity contribution in [1.29, 1.82) is 0 Å². The summed E-state index contributed by atoms with van der Waals surface area (Å²) < 4.78 is 10.8.